The number of pyridine rings is 1. The first-order valence-corrected chi connectivity index (χ1v) is 8.68. The van der Waals surface area contributed by atoms with Crippen LogP contribution in [0.5, 0.6) is 0 Å². The van der Waals surface area contributed by atoms with Crippen molar-refractivity contribution in [1.29, 1.82) is 0 Å². The molecule has 140 valence electrons. The number of anilines is 1. The minimum absolute atomic E-state index is 0.0141. The van der Waals surface area contributed by atoms with Gasteiger partial charge in [0.2, 0.25) is 0 Å². The molecule has 0 spiro atoms. The predicted octanol–water partition coefficient (Wildman–Crippen LogP) is 2.47. The number of carboxylic acids is 1. The van der Waals surface area contributed by atoms with Crippen LogP contribution in [0.4, 0.5) is 5.69 Å². The minimum atomic E-state index is -1.16. The van der Waals surface area contributed by atoms with E-state index in [9.17, 15) is 14.4 Å². The molecule has 0 unspecified atom stereocenters. The van der Waals surface area contributed by atoms with Crippen LogP contribution in [-0.4, -0.2) is 45.1 Å². The van der Waals surface area contributed by atoms with Crippen molar-refractivity contribution in [2.75, 3.05) is 11.4 Å². The maximum Gasteiger partial charge on any atom is 0.323 e. The Morgan fingerprint density at radius 2 is 2.07 bits per heavy atom. The van der Waals surface area contributed by atoms with Crippen LogP contribution in [0.25, 0.3) is 10.9 Å². The van der Waals surface area contributed by atoms with E-state index in [4.69, 9.17) is 16.7 Å². The molecule has 9 heteroatoms. The number of aromatic nitrogens is 2. The number of halogens is 1. The zero-order valence-corrected chi connectivity index (χ0v) is 15.1. The van der Waals surface area contributed by atoms with Gasteiger partial charge in [0, 0.05) is 17.5 Å². The van der Waals surface area contributed by atoms with Crippen LogP contribution >= 0.6 is 11.6 Å². The van der Waals surface area contributed by atoms with Gasteiger partial charge in [-0.3, -0.25) is 19.3 Å². The average molecular weight is 397 g/mol. The monoisotopic (exact) mass is 396 g/mol. The van der Waals surface area contributed by atoms with Crippen molar-refractivity contribution in [3.63, 3.8) is 0 Å². The van der Waals surface area contributed by atoms with E-state index in [0.29, 0.717) is 21.7 Å². The van der Waals surface area contributed by atoms with Crippen LogP contribution in [0.15, 0.2) is 47.6 Å². The van der Waals surface area contributed by atoms with Crippen molar-refractivity contribution in [2.45, 2.75) is 6.42 Å². The van der Waals surface area contributed by atoms with Gasteiger partial charge in [-0.1, -0.05) is 29.8 Å². The highest BCUT2D eigenvalue weighted by atomic mass is 35.5. The first-order chi connectivity index (χ1) is 13.4. The zero-order chi connectivity index (χ0) is 19.8. The number of hydrogen-bond donors (Lipinski definition) is 2. The minimum Gasteiger partial charge on any atom is -0.480 e. The summed E-state index contributed by atoms with van der Waals surface area (Å²) in [6.07, 6.45) is 1.64. The number of aromatic amines is 1. The topological polar surface area (TPSA) is 116 Å². The van der Waals surface area contributed by atoms with E-state index in [1.54, 1.807) is 36.4 Å². The number of H-pyrrole nitrogens is 1. The molecule has 0 saturated carbocycles. The average Bonchev–Trinajstić information content (AvgIpc) is 3.08. The fraction of sp³-hybridized carbons (Fsp3) is 0.105. The van der Waals surface area contributed by atoms with Crippen molar-refractivity contribution in [3.05, 3.63) is 59.0 Å². The number of aliphatic imine (C=N–C) groups is 1. The maximum absolute atomic E-state index is 12.7. The quantitative estimate of drug-likeness (QED) is 0.660. The summed E-state index contributed by atoms with van der Waals surface area (Å²) in [4.78, 5) is 48.4. The SMILES string of the molecule is O=C(O)CN1C(=O)C(=NC(=O)c2cc3cc(Cl)ncc3[nH]2)Cc2ccccc21. The molecule has 0 saturated heterocycles. The molecule has 2 aromatic heterocycles. The molecule has 3 aromatic rings. The van der Waals surface area contributed by atoms with Gasteiger partial charge in [-0.2, -0.15) is 0 Å². The van der Waals surface area contributed by atoms with Gasteiger partial charge >= 0.3 is 5.97 Å². The van der Waals surface area contributed by atoms with Gasteiger partial charge in [0.05, 0.1) is 11.7 Å². The second-order valence-corrected chi connectivity index (χ2v) is 6.62. The highest BCUT2D eigenvalue weighted by Gasteiger charge is 2.31. The molecule has 8 nitrogen and oxygen atoms in total. The molecule has 0 radical (unpaired) electrons. The largest absolute Gasteiger partial charge is 0.480 e. The van der Waals surface area contributed by atoms with Crippen molar-refractivity contribution < 1.29 is 19.5 Å². The van der Waals surface area contributed by atoms with Gasteiger partial charge in [0.1, 0.15) is 23.1 Å². The summed E-state index contributed by atoms with van der Waals surface area (Å²) >= 11 is 5.85. The number of amides is 2. The van der Waals surface area contributed by atoms with E-state index in [1.807, 2.05) is 0 Å². The Balaban J connectivity index is 1.70. The number of carboxylic acid groups (broad SMARTS) is 1. The molecule has 0 atom stereocenters. The third kappa shape index (κ3) is 3.25. The summed E-state index contributed by atoms with van der Waals surface area (Å²) in [6, 6.07) is 10.1. The van der Waals surface area contributed by atoms with Crippen molar-refractivity contribution in [2.24, 2.45) is 4.99 Å². The Labute approximate surface area is 163 Å². The first-order valence-electron chi connectivity index (χ1n) is 8.30. The molecule has 0 fully saturated rings. The molecule has 28 heavy (non-hydrogen) atoms. The fourth-order valence-electron chi connectivity index (χ4n) is 3.13. The Kier molecular flexibility index (Phi) is 4.40. The lowest BCUT2D eigenvalue weighted by Crippen LogP contribution is -2.44. The molecule has 0 aliphatic carbocycles. The lowest BCUT2D eigenvalue weighted by molar-refractivity contribution is -0.136. The lowest BCUT2D eigenvalue weighted by Gasteiger charge is -2.28. The molecule has 3 heterocycles. The van der Waals surface area contributed by atoms with Gasteiger partial charge in [-0.15, -0.1) is 0 Å². The predicted molar refractivity (Wildman–Crippen MR) is 103 cm³/mol. The van der Waals surface area contributed by atoms with Crippen molar-refractivity contribution in [1.82, 2.24) is 9.97 Å². The van der Waals surface area contributed by atoms with E-state index in [1.165, 1.54) is 6.20 Å². The van der Waals surface area contributed by atoms with Gasteiger partial charge < -0.3 is 10.1 Å². The Morgan fingerprint density at radius 3 is 2.86 bits per heavy atom. The highest BCUT2D eigenvalue weighted by molar-refractivity contribution is 6.47. The zero-order valence-electron chi connectivity index (χ0n) is 14.3. The molecule has 2 amide bonds. The summed E-state index contributed by atoms with van der Waals surface area (Å²) in [5.74, 6) is -2.39. The second-order valence-electron chi connectivity index (χ2n) is 6.23. The first kappa shape index (κ1) is 17.9. The second kappa shape index (κ2) is 6.90. The van der Waals surface area contributed by atoms with Gasteiger partial charge in [-0.25, -0.2) is 9.98 Å². The van der Waals surface area contributed by atoms with Crippen LogP contribution < -0.4 is 4.90 Å². The number of carbonyl (C=O) groups is 3. The van der Waals surface area contributed by atoms with E-state index in [2.05, 4.69) is 15.0 Å². The Morgan fingerprint density at radius 1 is 1.29 bits per heavy atom. The van der Waals surface area contributed by atoms with Crippen molar-refractivity contribution in [3.8, 4) is 0 Å². The Bertz CT molecular complexity index is 1170. The molecule has 4 rings (SSSR count). The number of hydrogen-bond acceptors (Lipinski definition) is 4. The van der Waals surface area contributed by atoms with Crippen LogP contribution in [0.3, 0.4) is 0 Å². The molecular weight excluding hydrogens is 384 g/mol. The van der Waals surface area contributed by atoms with Crippen LogP contribution in [0, 0.1) is 0 Å². The van der Waals surface area contributed by atoms with Gasteiger partial charge in [-0.05, 0) is 23.8 Å². The number of fused-ring (bicyclic) bond motifs is 2. The number of benzene rings is 1. The van der Waals surface area contributed by atoms with E-state index in [-0.39, 0.29) is 17.8 Å². The molecule has 1 aromatic carbocycles. The standard InChI is InChI=1S/C19H13ClN4O4/c20-16-7-11-6-12(22-14(11)8-21-16)18(27)23-13-5-10-3-1-2-4-15(10)24(19(13)28)9-17(25)26/h1-4,6-8,22H,5,9H2,(H,25,26). The summed E-state index contributed by atoms with van der Waals surface area (Å²) in [5.41, 5.74) is 2.01. The number of para-hydroxylation sites is 1. The van der Waals surface area contributed by atoms with Crippen molar-refractivity contribution >= 4 is 51.7 Å². The summed E-state index contributed by atoms with van der Waals surface area (Å²) < 4.78 is 0. The fourth-order valence-corrected chi connectivity index (χ4v) is 3.29. The lowest BCUT2D eigenvalue weighted by atomic mass is 9.99. The molecule has 0 bridgehead atoms. The maximum atomic E-state index is 12.7. The summed E-state index contributed by atoms with van der Waals surface area (Å²) in [5, 5.41) is 10.1. The summed E-state index contributed by atoms with van der Waals surface area (Å²) in [7, 11) is 0. The van der Waals surface area contributed by atoms with Crippen LogP contribution in [0.2, 0.25) is 5.15 Å². The Hall–Kier alpha value is -3.52. The van der Waals surface area contributed by atoms with Gasteiger partial charge in [0.15, 0.2) is 0 Å². The van der Waals surface area contributed by atoms with Gasteiger partial charge in [0.25, 0.3) is 11.8 Å². The van der Waals surface area contributed by atoms with E-state index < -0.39 is 24.3 Å². The molecule has 1 aliphatic rings. The number of carbonyl (C=O) groups excluding carboxylic acids is 2. The normalized spacial score (nSPS) is 15.1. The van der Waals surface area contributed by atoms with Crippen LogP contribution in [-0.2, 0) is 16.0 Å². The summed E-state index contributed by atoms with van der Waals surface area (Å²) in [6.45, 7) is -0.514. The number of aliphatic carboxylic acids is 1. The smallest absolute Gasteiger partial charge is 0.323 e. The number of nitrogens with one attached hydrogen (secondary N) is 1. The highest BCUT2D eigenvalue weighted by Crippen LogP contribution is 2.27. The third-order valence-corrected chi connectivity index (χ3v) is 4.57. The van der Waals surface area contributed by atoms with E-state index >= 15 is 0 Å². The number of rotatable bonds is 3. The van der Waals surface area contributed by atoms with Crippen LogP contribution in [0.1, 0.15) is 16.1 Å². The third-order valence-electron chi connectivity index (χ3n) is 4.36. The molecule has 1 aliphatic heterocycles. The molecule has 2 N–H and O–H groups in total. The molecular formula is C19H13ClN4O4. The van der Waals surface area contributed by atoms with E-state index in [0.717, 1.165) is 10.5 Å². The number of nitrogens with zero attached hydrogens (tertiary/aromatic N) is 3.